The molecule has 57 heavy (non-hydrogen) atoms. The quantitative estimate of drug-likeness (QED) is 0.165. The molecule has 2 heterocycles. The average molecular weight is 727 g/mol. The van der Waals surface area contributed by atoms with Crippen molar-refractivity contribution in [3.05, 3.63) is 188 Å². The molecule has 0 saturated heterocycles. The van der Waals surface area contributed by atoms with E-state index >= 15 is 0 Å². The average Bonchev–Trinajstić information content (AvgIpc) is 3.67. The monoisotopic (exact) mass is 726 g/mol. The Kier molecular flexibility index (Phi) is 7.48. The zero-order chi connectivity index (χ0) is 37.9. The normalized spacial score (nSPS) is 11.5. The number of hydrogen-bond acceptors (Lipinski definition) is 5. The van der Waals surface area contributed by atoms with Crippen LogP contribution in [0.3, 0.4) is 0 Å². The van der Waals surface area contributed by atoms with Crippen LogP contribution in [0.1, 0.15) is 5.56 Å². The van der Waals surface area contributed by atoms with E-state index < -0.39 is 0 Å². The topological polar surface area (TPSA) is 75.6 Å². The number of furan rings is 1. The maximum absolute atomic E-state index is 9.44. The van der Waals surface area contributed by atoms with Crippen LogP contribution < -0.4 is 0 Å². The van der Waals surface area contributed by atoms with Gasteiger partial charge >= 0.3 is 0 Å². The maximum atomic E-state index is 9.44. The predicted octanol–water partition coefficient (Wildman–Crippen LogP) is 13.4. The Morgan fingerprint density at radius 1 is 0.333 bits per heavy atom. The molecule has 0 bridgehead atoms. The summed E-state index contributed by atoms with van der Waals surface area (Å²) >= 11 is 0. The van der Waals surface area contributed by atoms with E-state index in [1.54, 1.807) is 0 Å². The number of nitrogens with zero attached hydrogens (tertiary/aromatic N) is 4. The van der Waals surface area contributed by atoms with E-state index in [4.69, 9.17) is 19.4 Å². The molecule has 2 aromatic heterocycles. The number of aromatic nitrogens is 3. The minimum absolute atomic E-state index is 0.595. The van der Waals surface area contributed by atoms with E-state index in [1.165, 1.54) is 21.5 Å². The van der Waals surface area contributed by atoms with Crippen molar-refractivity contribution in [1.29, 1.82) is 5.26 Å². The molecule has 0 spiro atoms. The van der Waals surface area contributed by atoms with Gasteiger partial charge in [-0.2, -0.15) is 5.26 Å². The lowest BCUT2D eigenvalue weighted by Gasteiger charge is -2.16. The fraction of sp³-hybridized carbons (Fsp3) is 0. The van der Waals surface area contributed by atoms with Crippen molar-refractivity contribution in [2.24, 2.45) is 0 Å². The SMILES string of the molecule is N#Cc1ccc(-c2cc3c4ccccc4c(-c4cccc(-c5nc(-c6ccccc6)nc(-c6ccc7oc8ccccc8c7c6)n5)c4)cc3c3ccccc23)cc1. The van der Waals surface area contributed by atoms with Gasteiger partial charge in [-0.3, -0.25) is 0 Å². The van der Waals surface area contributed by atoms with Crippen LogP contribution >= 0.6 is 0 Å². The summed E-state index contributed by atoms with van der Waals surface area (Å²) in [5.74, 6) is 1.80. The summed E-state index contributed by atoms with van der Waals surface area (Å²) in [6.45, 7) is 0. The highest BCUT2D eigenvalue weighted by Crippen LogP contribution is 2.42. The summed E-state index contributed by atoms with van der Waals surface area (Å²) in [5, 5.41) is 18.6. The van der Waals surface area contributed by atoms with Crippen LogP contribution in [0.2, 0.25) is 0 Å². The molecule has 0 saturated carbocycles. The standard InChI is InChI=1S/C52H30N4O/c53-31-32-21-23-33(24-22-32)43-29-45-41-18-7-5-16-39(41)44(30-46(45)40-17-6-4-15-38(40)43)35-13-10-14-36(27-35)51-54-50(34-11-2-1-3-12-34)55-52(56-51)37-25-26-49-47(28-37)42-19-8-9-20-48(42)57-49/h1-30H. The van der Waals surface area contributed by atoms with Gasteiger partial charge in [-0.15, -0.1) is 0 Å². The van der Waals surface area contributed by atoms with Gasteiger partial charge in [-0.1, -0.05) is 127 Å². The molecule has 0 amide bonds. The molecule has 0 fully saturated rings. The molecule has 0 aliphatic rings. The van der Waals surface area contributed by atoms with E-state index in [2.05, 4.69) is 103 Å². The van der Waals surface area contributed by atoms with Gasteiger partial charge in [0.05, 0.1) is 11.6 Å². The summed E-state index contributed by atoms with van der Waals surface area (Å²) in [6, 6.07) is 64.8. The second-order valence-corrected chi connectivity index (χ2v) is 14.3. The molecule has 11 rings (SSSR count). The first-order valence-corrected chi connectivity index (χ1v) is 18.9. The number of rotatable bonds is 5. The van der Waals surface area contributed by atoms with E-state index in [1.807, 2.05) is 84.9 Å². The third-order valence-electron chi connectivity index (χ3n) is 10.9. The summed E-state index contributed by atoms with van der Waals surface area (Å²) in [4.78, 5) is 15.2. The highest BCUT2D eigenvalue weighted by atomic mass is 16.3. The molecule has 0 atom stereocenters. The summed E-state index contributed by atoms with van der Waals surface area (Å²) in [7, 11) is 0. The second kappa shape index (κ2) is 13.1. The van der Waals surface area contributed by atoms with Crippen LogP contribution in [0, 0.1) is 11.3 Å². The second-order valence-electron chi connectivity index (χ2n) is 14.3. The first kappa shape index (κ1) is 32.5. The number of benzene rings is 9. The molecule has 11 aromatic rings. The van der Waals surface area contributed by atoms with Gasteiger partial charge in [-0.25, -0.2) is 15.0 Å². The van der Waals surface area contributed by atoms with E-state index in [9.17, 15) is 5.26 Å². The number of fused-ring (bicyclic) bond motifs is 8. The van der Waals surface area contributed by atoms with Crippen LogP contribution in [-0.2, 0) is 0 Å². The zero-order valence-electron chi connectivity index (χ0n) is 30.5. The van der Waals surface area contributed by atoms with Crippen molar-refractivity contribution in [3.8, 4) is 62.5 Å². The Bertz CT molecular complexity index is 3420. The number of nitriles is 1. The number of hydrogen-bond donors (Lipinski definition) is 0. The number of para-hydroxylation sites is 1. The highest BCUT2D eigenvalue weighted by molar-refractivity contribution is 6.24. The zero-order valence-corrected chi connectivity index (χ0v) is 30.5. The first-order chi connectivity index (χ1) is 28.2. The molecule has 5 heteroatoms. The Labute approximate surface area is 327 Å². The summed E-state index contributed by atoms with van der Waals surface area (Å²) < 4.78 is 6.14. The maximum Gasteiger partial charge on any atom is 0.164 e. The van der Waals surface area contributed by atoms with Crippen LogP contribution in [0.15, 0.2) is 186 Å². The van der Waals surface area contributed by atoms with Gasteiger partial charge in [0.2, 0.25) is 0 Å². The Hall–Kier alpha value is -7.94. The smallest absolute Gasteiger partial charge is 0.164 e. The van der Waals surface area contributed by atoms with Crippen molar-refractivity contribution >= 4 is 54.3 Å². The van der Waals surface area contributed by atoms with Crippen LogP contribution in [0.4, 0.5) is 0 Å². The summed E-state index contributed by atoms with van der Waals surface area (Å²) in [6.07, 6.45) is 0. The molecule has 0 radical (unpaired) electrons. The minimum Gasteiger partial charge on any atom is -0.456 e. The minimum atomic E-state index is 0.595. The van der Waals surface area contributed by atoms with Crippen molar-refractivity contribution in [3.63, 3.8) is 0 Å². The molecule has 264 valence electrons. The Morgan fingerprint density at radius 2 is 0.825 bits per heavy atom. The van der Waals surface area contributed by atoms with Crippen molar-refractivity contribution in [2.75, 3.05) is 0 Å². The predicted molar refractivity (Wildman–Crippen MR) is 232 cm³/mol. The molecule has 9 aromatic carbocycles. The third-order valence-corrected chi connectivity index (χ3v) is 10.9. The molecule has 0 aliphatic carbocycles. The molecule has 0 aliphatic heterocycles. The fourth-order valence-electron chi connectivity index (χ4n) is 8.19. The van der Waals surface area contributed by atoms with Crippen molar-refractivity contribution < 1.29 is 4.42 Å². The third kappa shape index (κ3) is 5.51. The first-order valence-electron chi connectivity index (χ1n) is 18.9. The van der Waals surface area contributed by atoms with Crippen LogP contribution in [-0.4, -0.2) is 15.0 Å². The molecule has 5 nitrogen and oxygen atoms in total. The van der Waals surface area contributed by atoms with Crippen molar-refractivity contribution in [2.45, 2.75) is 0 Å². The van der Waals surface area contributed by atoms with Crippen LogP contribution in [0.5, 0.6) is 0 Å². The molecule has 0 N–H and O–H groups in total. The Morgan fingerprint density at radius 3 is 1.49 bits per heavy atom. The lowest BCUT2D eigenvalue weighted by Crippen LogP contribution is -2.00. The molecule has 0 unspecified atom stereocenters. The molecular formula is C52H30N4O. The van der Waals surface area contributed by atoms with Gasteiger partial charge in [0.25, 0.3) is 0 Å². The van der Waals surface area contributed by atoms with E-state index in [-0.39, 0.29) is 0 Å². The van der Waals surface area contributed by atoms with Gasteiger partial charge in [0, 0.05) is 27.5 Å². The Balaban J connectivity index is 1.10. The lowest BCUT2D eigenvalue weighted by molar-refractivity contribution is 0.669. The molecular weight excluding hydrogens is 697 g/mol. The highest BCUT2D eigenvalue weighted by Gasteiger charge is 2.18. The fourth-order valence-corrected chi connectivity index (χ4v) is 8.19. The largest absolute Gasteiger partial charge is 0.456 e. The van der Waals surface area contributed by atoms with Gasteiger partial charge < -0.3 is 4.42 Å². The van der Waals surface area contributed by atoms with E-state index in [0.717, 1.165) is 71.7 Å². The lowest BCUT2D eigenvalue weighted by atomic mass is 9.87. The van der Waals surface area contributed by atoms with Gasteiger partial charge in [0.1, 0.15) is 11.2 Å². The van der Waals surface area contributed by atoms with E-state index in [0.29, 0.717) is 23.0 Å². The summed E-state index contributed by atoms with van der Waals surface area (Å²) in [5.41, 5.74) is 9.45. The van der Waals surface area contributed by atoms with Gasteiger partial charge in [0.15, 0.2) is 17.5 Å². The van der Waals surface area contributed by atoms with Gasteiger partial charge in [-0.05, 0) is 109 Å². The van der Waals surface area contributed by atoms with Crippen molar-refractivity contribution in [1.82, 2.24) is 15.0 Å². The van der Waals surface area contributed by atoms with Crippen LogP contribution in [0.25, 0.3) is 111 Å².